The molecule has 1 aromatic carbocycles. The van der Waals surface area contributed by atoms with Crippen molar-refractivity contribution in [1.29, 1.82) is 0 Å². The first-order valence-electron chi connectivity index (χ1n) is 8.66. The summed E-state index contributed by atoms with van der Waals surface area (Å²) in [5, 5.41) is 5.52. The van der Waals surface area contributed by atoms with Crippen LogP contribution in [0, 0.1) is 5.41 Å². The summed E-state index contributed by atoms with van der Waals surface area (Å²) in [5.74, 6) is -0.769. The van der Waals surface area contributed by atoms with Gasteiger partial charge in [0.05, 0.1) is 0 Å². The van der Waals surface area contributed by atoms with Crippen LogP contribution in [0.25, 0.3) is 0 Å². The lowest BCUT2D eigenvalue weighted by atomic mass is 9.92. The molecule has 142 valence electrons. The van der Waals surface area contributed by atoms with Crippen LogP contribution >= 0.6 is 0 Å². The fourth-order valence-corrected chi connectivity index (χ4v) is 3.26. The average Bonchev–Trinajstić information content (AvgIpc) is 2.77. The van der Waals surface area contributed by atoms with E-state index in [0.29, 0.717) is 12.1 Å². The molecule has 0 bridgehead atoms. The van der Waals surface area contributed by atoms with Crippen LogP contribution in [0.4, 0.5) is 4.79 Å². The molecule has 2 rings (SSSR count). The van der Waals surface area contributed by atoms with E-state index >= 15 is 0 Å². The molecule has 1 heterocycles. The molecule has 7 nitrogen and oxygen atoms in total. The minimum atomic E-state index is -1.15. The van der Waals surface area contributed by atoms with Gasteiger partial charge in [0.15, 0.2) is 0 Å². The van der Waals surface area contributed by atoms with Gasteiger partial charge in [-0.1, -0.05) is 44.2 Å². The zero-order valence-electron chi connectivity index (χ0n) is 16.1. The minimum absolute atomic E-state index is 0.116. The normalized spacial score (nSPS) is 20.5. The van der Waals surface area contributed by atoms with Crippen LogP contribution in [0.1, 0.15) is 26.3 Å². The van der Waals surface area contributed by atoms with E-state index in [2.05, 4.69) is 15.5 Å². The molecule has 1 aliphatic heterocycles. The van der Waals surface area contributed by atoms with Crippen LogP contribution in [0.15, 0.2) is 30.3 Å². The highest BCUT2D eigenvalue weighted by Gasteiger charge is 2.49. The Kier molecular flexibility index (Phi) is 5.71. The van der Waals surface area contributed by atoms with Crippen molar-refractivity contribution in [2.24, 2.45) is 5.41 Å². The second-order valence-corrected chi connectivity index (χ2v) is 7.99. The standard InChI is InChI=1S/C19H28N4O3/c1-18(2,13-22(4)5)12-20-15(24)11-23-16(25)19(3,21-17(23)26)14-9-7-6-8-10-14/h6-10H,11-13H2,1-5H3,(H,20,24)(H,21,26). The van der Waals surface area contributed by atoms with E-state index in [-0.39, 0.29) is 17.9 Å². The maximum Gasteiger partial charge on any atom is 0.325 e. The molecular weight excluding hydrogens is 332 g/mol. The summed E-state index contributed by atoms with van der Waals surface area (Å²) in [4.78, 5) is 40.3. The van der Waals surface area contributed by atoms with Crippen molar-refractivity contribution in [3.63, 3.8) is 0 Å². The zero-order valence-corrected chi connectivity index (χ0v) is 16.1. The minimum Gasteiger partial charge on any atom is -0.354 e. The number of amides is 4. The Hall–Kier alpha value is -2.41. The highest BCUT2D eigenvalue weighted by molar-refractivity contribution is 6.09. The number of hydrogen-bond acceptors (Lipinski definition) is 4. The quantitative estimate of drug-likeness (QED) is 0.715. The van der Waals surface area contributed by atoms with Gasteiger partial charge in [0, 0.05) is 13.1 Å². The number of imide groups is 1. The number of nitrogens with zero attached hydrogens (tertiary/aromatic N) is 2. The molecule has 4 amide bonds. The Morgan fingerprint density at radius 3 is 2.42 bits per heavy atom. The Bertz CT molecular complexity index is 687. The third kappa shape index (κ3) is 4.40. The Morgan fingerprint density at radius 1 is 1.23 bits per heavy atom. The predicted octanol–water partition coefficient (Wildman–Crippen LogP) is 1.16. The molecule has 1 saturated heterocycles. The number of hydrogen-bond donors (Lipinski definition) is 2. The van der Waals surface area contributed by atoms with Gasteiger partial charge < -0.3 is 15.5 Å². The number of urea groups is 1. The van der Waals surface area contributed by atoms with Gasteiger partial charge in [0.1, 0.15) is 12.1 Å². The molecule has 1 atom stereocenters. The monoisotopic (exact) mass is 360 g/mol. The summed E-state index contributed by atoms with van der Waals surface area (Å²) in [6, 6.07) is 8.47. The van der Waals surface area contributed by atoms with Crippen LogP contribution in [-0.4, -0.2) is 61.4 Å². The smallest absolute Gasteiger partial charge is 0.325 e. The maximum absolute atomic E-state index is 12.8. The third-order valence-corrected chi connectivity index (χ3v) is 4.44. The van der Waals surface area contributed by atoms with E-state index in [4.69, 9.17) is 0 Å². The molecule has 1 aromatic rings. The Balaban J connectivity index is 2.00. The first-order valence-corrected chi connectivity index (χ1v) is 8.66. The molecule has 7 heteroatoms. The second kappa shape index (κ2) is 7.45. The molecule has 1 aliphatic rings. The fourth-order valence-electron chi connectivity index (χ4n) is 3.26. The summed E-state index contributed by atoms with van der Waals surface area (Å²) < 4.78 is 0. The van der Waals surface area contributed by atoms with E-state index in [1.54, 1.807) is 19.1 Å². The lowest BCUT2D eigenvalue weighted by Gasteiger charge is -2.28. The van der Waals surface area contributed by atoms with Crippen molar-refractivity contribution < 1.29 is 14.4 Å². The maximum atomic E-state index is 12.8. The predicted molar refractivity (Wildman–Crippen MR) is 99.4 cm³/mol. The van der Waals surface area contributed by atoms with Crippen LogP contribution in [0.2, 0.25) is 0 Å². The summed E-state index contributed by atoms with van der Waals surface area (Å²) in [6.45, 7) is 6.73. The molecule has 0 aliphatic carbocycles. The van der Waals surface area contributed by atoms with Crippen molar-refractivity contribution in [2.45, 2.75) is 26.3 Å². The zero-order chi connectivity index (χ0) is 19.5. The number of carbonyl (C=O) groups excluding carboxylic acids is 3. The highest BCUT2D eigenvalue weighted by Crippen LogP contribution is 2.28. The Morgan fingerprint density at radius 2 is 1.85 bits per heavy atom. The highest BCUT2D eigenvalue weighted by atomic mass is 16.2. The first kappa shape index (κ1) is 19.9. The van der Waals surface area contributed by atoms with E-state index in [1.807, 2.05) is 46.1 Å². The van der Waals surface area contributed by atoms with E-state index in [0.717, 1.165) is 11.4 Å². The topological polar surface area (TPSA) is 81.8 Å². The van der Waals surface area contributed by atoms with Crippen molar-refractivity contribution in [1.82, 2.24) is 20.4 Å². The molecule has 0 spiro atoms. The van der Waals surface area contributed by atoms with Crippen molar-refractivity contribution >= 4 is 17.8 Å². The number of carbonyl (C=O) groups is 3. The average molecular weight is 360 g/mol. The van der Waals surface area contributed by atoms with Crippen LogP contribution in [-0.2, 0) is 15.1 Å². The van der Waals surface area contributed by atoms with Gasteiger partial charge >= 0.3 is 6.03 Å². The molecule has 0 radical (unpaired) electrons. The second-order valence-electron chi connectivity index (χ2n) is 7.99. The van der Waals surface area contributed by atoms with E-state index in [1.165, 1.54) is 0 Å². The SMILES string of the molecule is CN(C)CC(C)(C)CNC(=O)CN1C(=O)NC(C)(c2ccccc2)C1=O. The lowest BCUT2D eigenvalue weighted by Crippen LogP contribution is -2.46. The molecule has 2 N–H and O–H groups in total. The van der Waals surface area contributed by atoms with Crippen molar-refractivity contribution in [3.05, 3.63) is 35.9 Å². The number of benzene rings is 1. The van der Waals surface area contributed by atoms with E-state index in [9.17, 15) is 14.4 Å². The van der Waals surface area contributed by atoms with Crippen LogP contribution in [0.3, 0.4) is 0 Å². The van der Waals surface area contributed by atoms with Gasteiger partial charge in [-0.15, -0.1) is 0 Å². The molecule has 0 saturated carbocycles. The van der Waals surface area contributed by atoms with Gasteiger partial charge in [-0.05, 0) is 32.0 Å². The van der Waals surface area contributed by atoms with Gasteiger partial charge in [0.25, 0.3) is 5.91 Å². The number of nitrogens with one attached hydrogen (secondary N) is 2. The molecule has 1 unspecified atom stereocenters. The van der Waals surface area contributed by atoms with Crippen LogP contribution in [0.5, 0.6) is 0 Å². The lowest BCUT2D eigenvalue weighted by molar-refractivity contribution is -0.134. The van der Waals surface area contributed by atoms with Gasteiger partial charge in [0.2, 0.25) is 5.91 Å². The Labute approximate surface area is 154 Å². The first-order chi connectivity index (χ1) is 12.0. The summed E-state index contributed by atoms with van der Waals surface area (Å²) in [5.41, 5.74) is -0.578. The summed E-state index contributed by atoms with van der Waals surface area (Å²) in [7, 11) is 3.95. The molecular formula is C19H28N4O3. The van der Waals surface area contributed by atoms with E-state index < -0.39 is 17.5 Å². The van der Waals surface area contributed by atoms with Crippen molar-refractivity contribution in [3.8, 4) is 0 Å². The van der Waals surface area contributed by atoms with Gasteiger partial charge in [-0.3, -0.25) is 14.5 Å². The van der Waals surface area contributed by atoms with Gasteiger partial charge in [-0.25, -0.2) is 4.79 Å². The van der Waals surface area contributed by atoms with Crippen LogP contribution < -0.4 is 10.6 Å². The summed E-state index contributed by atoms with van der Waals surface area (Å²) >= 11 is 0. The summed E-state index contributed by atoms with van der Waals surface area (Å²) in [6.07, 6.45) is 0. The van der Waals surface area contributed by atoms with Crippen molar-refractivity contribution in [2.75, 3.05) is 33.7 Å². The van der Waals surface area contributed by atoms with Gasteiger partial charge in [-0.2, -0.15) is 0 Å². The molecule has 1 fully saturated rings. The number of rotatable bonds is 7. The molecule has 26 heavy (non-hydrogen) atoms. The third-order valence-electron chi connectivity index (χ3n) is 4.44. The largest absolute Gasteiger partial charge is 0.354 e. The fraction of sp³-hybridized carbons (Fsp3) is 0.526. The molecule has 0 aromatic heterocycles.